The molecule has 0 aromatic heterocycles. The third-order valence-corrected chi connectivity index (χ3v) is 3.62. The summed E-state index contributed by atoms with van der Waals surface area (Å²) < 4.78 is 80.9. The topological polar surface area (TPSA) is 68.9 Å². The lowest BCUT2D eigenvalue weighted by molar-refractivity contribution is -0.274. The predicted octanol–water partition coefficient (Wildman–Crippen LogP) is 4.27. The van der Waals surface area contributed by atoms with Crippen LogP contribution >= 0.6 is 0 Å². The van der Waals surface area contributed by atoms with Crippen LogP contribution in [0.15, 0.2) is 53.5 Å². The normalized spacial score (nSPS) is 12.7. The monoisotopic (exact) mass is 435 g/mol. The number of guanidine groups is 1. The fourth-order valence-corrected chi connectivity index (χ4v) is 2.26. The van der Waals surface area contributed by atoms with Crippen LogP contribution in [0.4, 0.5) is 26.3 Å². The number of nitrogens with one attached hydrogen (secondary N) is 1. The molecule has 11 heteroatoms. The Labute approximate surface area is 168 Å². The van der Waals surface area contributed by atoms with Gasteiger partial charge in [-0.25, -0.2) is 4.99 Å². The summed E-state index contributed by atoms with van der Waals surface area (Å²) >= 11 is 0. The minimum Gasteiger partial charge on any atom is -0.406 e. The van der Waals surface area contributed by atoms with Gasteiger partial charge in [-0.15, -0.1) is 13.2 Å². The van der Waals surface area contributed by atoms with E-state index in [4.69, 9.17) is 5.73 Å². The summed E-state index contributed by atoms with van der Waals surface area (Å²) in [6.07, 6.45) is -9.11. The van der Waals surface area contributed by atoms with E-state index in [1.54, 1.807) is 24.3 Å². The Morgan fingerprint density at radius 2 is 1.43 bits per heavy atom. The minimum absolute atomic E-state index is 0.128. The summed E-state index contributed by atoms with van der Waals surface area (Å²) in [6, 6.07) is 12.0. The van der Waals surface area contributed by atoms with Crippen molar-refractivity contribution in [1.82, 2.24) is 5.32 Å². The molecule has 0 atom stereocenters. The maximum Gasteiger partial charge on any atom is 0.573 e. The number of ether oxygens (including phenoxy) is 2. The van der Waals surface area contributed by atoms with Crippen LogP contribution in [0.1, 0.15) is 16.7 Å². The summed E-state index contributed by atoms with van der Waals surface area (Å²) in [4.78, 5) is 4.09. The fourth-order valence-electron chi connectivity index (χ4n) is 2.26. The first-order valence-electron chi connectivity index (χ1n) is 8.61. The number of benzene rings is 2. The predicted molar refractivity (Wildman–Crippen MR) is 97.4 cm³/mol. The third kappa shape index (κ3) is 9.50. The summed E-state index contributed by atoms with van der Waals surface area (Å²) in [5.74, 6) is -0.197. The highest BCUT2D eigenvalue weighted by Gasteiger charge is 2.31. The molecule has 3 N–H and O–H groups in total. The number of halogens is 6. The van der Waals surface area contributed by atoms with Gasteiger partial charge in [0.1, 0.15) is 12.4 Å². The van der Waals surface area contributed by atoms with Crippen LogP contribution < -0.4 is 15.8 Å². The van der Waals surface area contributed by atoms with Crippen molar-refractivity contribution in [2.45, 2.75) is 32.2 Å². The molecular weight excluding hydrogens is 416 g/mol. The highest BCUT2D eigenvalue weighted by molar-refractivity contribution is 5.77. The number of nitrogens with two attached hydrogens (primary N) is 1. The second-order valence-corrected chi connectivity index (χ2v) is 6.17. The van der Waals surface area contributed by atoms with Crippen molar-refractivity contribution in [2.24, 2.45) is 10.7 Å². The summed E-state index contributed by atoms with van der Waals surface area (Å²) in [5, 5.41) is 2.87. The molecule has 2 aromatic rings. The number of rotatable bonds is 8. The van der Waals surface area contributed by atoms with Crippen LogP contribution in [-0.2, 0) is 24.4 Å². The Morgan fingerprint density at radius 1 is 0.867 bits per heavy atom. The molecule has 0 saturated heterocycles. The zero-order valence-electron chi connectivity index (χ0n) is 15.6. The van der Waals surface area contributed by atoms with Gasteiger partial charge in [-0.1, -0.05) is 36.4 Å². The van der Waals surface area contributed by atoms with Crippen molar-refractivity contribution in [2.75, 3.05) is 6.61 Å². The Bertz CT molecular complexity index is 818. The van der Waals surface area contributed by atoms with E-state index in [-0.39, 0.29) is 24.9 Å². The molecule has 2 aromatic carbocycles. The second kappa shape index (κ2) is 10.2. The lowest BCUT2D eigenvalue weighted by Crippen LogP contribution is -2.31. The van der Waals surface area contributed by atoms with Gasteiger partial charge in [0, 0.05) is 6.54 Å². The Morgan fingerprint density at radius 3 is 2.00 bits per heavy atom. The fraction of sp³-hybridized carbons (Fsp3) is 0.316. The van der Waals surface area contributed by atoms with E-state index < -0.39 is 19.1 Å². The minimum atomic E-state index is -4.75. The van der Waals surface area contributed by atoms with Crippen molar-refractivity contribution in [3.05, 3.63) is 65.2 Å². The highest BCUT2D eigenvalue weighted by Crippen LogP contribution is 2.22. The van der Waals surface area contributed by atoms with E-state index >= 15 is 0 Å². The molecule has 2 rings (SSSR count). The molecule has 5 nitrogen and oxygen atoms in total. The van der Waals surface area contributed by atoms with Crippen LogP contribution in [-0.4, -0.2) is 25.1 Å². The van der Waals surface area contributed by atoms with Crippen LogP contribution in [0.25, 0.3) is 0 Å². The molecule has 0 aliphatic heterocycles. The quantitative estimate of drug-likeness (QED) is 0.369. The zero-order valence-corrected chi connectivity index (χ0v) is 15.6. The molecule has 0 spiro atoms. The molecule has 0 fully saturated rings. The van der Waals surface area contributed by atoms with Crippen LogP contribution in [0, 0.1) is 0 Å². The Balaban J connectivity index is 1.77. The van der Waals surface area contributed by atoms with Crippen LogP contribution in [0.2, 0.25) is 0 Å². The molecule has 0 heterocycles. The maximum absolute atomic E-state index is 12.1. The number of nitrogens with zero attached hydrogens (tertiary/aromatic N) is 1. The summed E-state index contributed by atoms with van der Waals surface area (Å²) in [5.41, 5.74) is 7.81. The van der Waals surface area contributed by atoms with Crippen molar-refractivity contribution in [3.8, 4) is 5.75 Å². The lowest BCUT2D eigenvalue weighted by atomic mass is 10.1. The molecule has 30 heavy (non-hydrogen) atoms. The zero-order chi connectivity index (χ0) is 22.2. The smallest absolute Gasteiger partial charge is 0.406 e. The first-order valence-corrected chi connectivity index (χ1v) is 8.61. The summed E-state index contributed by atoms with van der Waals surface area (Å²) in [6.45, 7) is -0.969. The largest absolute Gasteiger partial charge is 0.573 e. The number of aliphatic imine (C=N–C) groups is 1. The van der Waals surface area contributed by atoms with Gasteiger partial charge in [0.15, 0.2) is 5.96 Å². The molecule has 0 aliphatic carbocycles. The molecule has 0 amide bonds. The summed E-state index contributed by atoms with van der Waals surface area (Å²) in [7, 11) is 0. The van der Waals surface area contributed by atoms with Gasteiger partial charge >= 0.3 is 12.5 Å². The van der Waals surface area contributed by atoms with Crippen molar-refractivity contribution < 1.29 is 35.8 Å². The second-order valence-electron chi connectivity index (χ2n) is 6.17. The van der Waals surface area contributed by atoms with E-state index in [9.17, 15) is 26.3 Å². The molecule has 164 valence electrons. The number of alkyl halides is 6. The highest BCUT2D eigenvalue weighted by atomic mass is 19.4. The van der Waals surface area contributed by atoms with E-state index in [1.807, 2.05) is 0 Å². The molecule has 0 bridgehead atoms. The average Bonchev–Trinajstić information content (AvgIpc) is 2.64. The van der Waals surface area contributed by atoms with E-state index in [2.05, 4.69) is 19.8 Å². The van der Waals surface area contributed by atoms with Gasteiger partial charge in [0.05, 0.1) is 13.2 Å². The van der Waals surface area contributed by atoms with Crippen LogP contribution in [0.3, 0.4) is 0 Å². The molecular formula is C19H19F6N3O2. The lowest BCUT2D eigenvalue weighted by Gasteiger charge is -2.09. The molecule has 0 saturated carbocycles. The Hall–Kier alpha value is -2.95. The van der Waals surface area contributed by atoms with Gasteiger partial charge in [-0.2, -0.15) is 13.2 Å². The van der Waals surface area contributed by atoms with Gasteiger partial charge in [-0.05, 0) is 28.8 Å². The van der Waals surface area contributed by atoms with Crippen molar-refractivity contribution >= 4 is 5.96 Å². The number of hydrogen-bond acceptors (Lipinski definition) is 3. The Kier molecular flexibility index (Phi) is 7.93. The van der Waals surface area contributed by atoms with E-state index in [0.717, 1.165) is 5.56 Å². The van der Waals surface area contributed by atoms with Crippen molar-refractivity contribution in [1.29, 1.82) is 0 Å². The van der Waals surface area contributed by atoms with Crippen molar-refractivity contribution in [3.63, 3.8) is 0 Å². The first-order chi connectivity index (χ1) is 14.0. The average molecular weight is 435 g/mol. The van der Waals surface area contributed by atoms with Gasteiger partial charge in [-0.3, -0.25) is 0 Å². The molecule has 0 aliphatic rings. The van der Waals surface area contributed by atoms with Gasteiger partial charge in [0.25, 0.3) is 0 Å². The number of hydrogen-bond donors (Lipinski definition) is 2. The maximum atomic E-state index is 12.1. The van der Waals surface area contributed by atoms with Crippen LogP contribution in [0.5, 0.6) is 5.75 Å². The van der Waals surface area contributed by atoms with E-state index in [1.165, 1.54) is 24.3 Å². The van der Waals surface area contributed by atoms with E-state index in [0.29, 0.717) is 17.7 Å². The van der Waals surface area contributed by atoms with Gasteiger partial charge < -0.3 is 20.5 Å². The molecule has 0 radical (unpaired) electrons. The van der Waals surface area contributed by atoms with Gasteiger partial charge in [0.2, 0.25) is 0 Å². The SMILES string of the molecule is NC(=NCc1ccc(OC(F)(F)F)cc1)NCc1ccc(COCC(F)(F)F)cc1. The third-order valence-electron chi connectivity index (χ3n) is 3.62. The molecule has 0 unspecified atom stereocenters. The standard InChI is InChI=1S/C19H19F6N3O2/c20-18(21,22)12-29-11-15-3-1-13(2-4-15)9-27-17(26)28-10-14-5-7-16(8-6-14)30-19(23,24)25/h1-8H,9-12H2,(H3,26,27,28). The first kappa shape index (κ1) is 23.3.